The second-order valence-corrected chi connectivity index (χ2v) is 6.10. The van der Waals surface area contributed by atoms with E-state index in [4.69, 9.17) is 9.47 Å². The van der Waals surface area contributed by atoms with E-state index in [2.05, 4.69) is 20.6 Å². The highest BCUT2D eigenvalue weighted by atomic mass is 19.1. The normalized spacial score (nSPS) is 17.6. The third kappa shape index (κ3) is 6.76. The smallest absolute Gasteiger partial charge is 0.191 e. The molecule has 1 saturated heterocycles. The summed E-state index contributed by atoms with van der Waals surface area (Å²) in [6.07, 6.45) is 3.40. The van der Waals surface area contributed by atoms with Crippen LogP contribution in [-0.4, -0.2) is 70.1 Å². The van der Waals surface area contributed by atoms with Gasteiger partial charge in [-0.05, 0) is 31.9 Å². The zero-order valence-electron chi connectivity index (χ0n) is 15.7. The van der Waals surface area contributed by atoms with Crippen LogP contribution >= 0.6 is 0 Å². The van der Waals surface area contributed by atoms with E-state index in [1.54, 1.807) is 19.4 Å². The molecule has 1 fully saturated rings. The average molecular weight is 367 g/mol. The maximum absolute atomic E-state index is 13.9. The first-order chi connectivity index (χ1) is 12.7. The van der Waals surface area contributed by atoms with Gasteiger partial charge in [-0.3, -0.25) is 4.99 Å². The number of ether oxygens (including phenoxy) is 2. The van der Waals surface area contributed by atoms with Gasteiger partial charge in [0.1, 0.15) is 0 Å². The fourth-order valence-electron chi connectivity index (χ4n) is 2.80. The molecule has 1 aliphatic rings. The Kier molecular flexibility index (Phi) is 9.13. The Hall–Kier alpha value is -1.93. The number of nitrogens with zero attached hydrogens (tertiary/aromatic N) is 3. The summed E-state index contributed by atoms with van der Waals surface area (Å²) in [6.45, 7) is 6.90. The molecule has 0 spiro atoms. The summed E-state index contributed by atoms with van der Waals surface area (Å²) in [7, 11) is 1.66. The van der Waals surface area contributed by atoms with Crippen molar-refractivity contribution in [2.75, 3.05) is 58.0 Å². The van der Waals surface area contributed by atoms with E-state index >= 15 is 0 Å². The van der Waals surface area contributed by atoms with Gasteiger partial charge in [-0.2, -0.15) is 0 Å². The van der Waals surface area contributed by atoms with Crippen molar-refractivity contribution >= 4 is 11.8 Å². The number of pyridine rings is 1. The molecule has 0 aromatic carbocycles. The Balaban J connectivity index is 1.77. The molecule has 146 valence electrons. The lowest BCUT2D eigenvalue weighted by Crippen LogP contribution is -2.44. The quantitative estimate of drug-likeness (QED) is 0.370. The molecule has 26 heavy (non-hydrogen) atoms. The van der Waals surface area contributed by atoms with E-state index in [1.165, 1.54) is 6.07 Å². The van der Waals surface area contributed by atoms with E-state index in [1.807, 2.05) is 11.8 Å². The third-order valence-electron chi connectivity index (χ3n) is 4.06. The molecule has 0 amide bonds. The first-order valence-electron chi connectivity index (χ1n) is 9.21. The molecule has 1 aromatic heterocycles. The van der Waals surface area contributed by atoms with E-state index < -0.39 is 0 Å². The Labute approximate surface area is 155 Å². The first kappa shape index (κ1) is 20.4. The summed E-state index contributed by atoms with van der Waals surface area (Å²) in [5.41, 5.74) is 0. The molecule has 7 nitrogen and oxygen atoms in total. The lowest BCUT2D eigenvalue weighted by Gasteiger charge is -2.19. The number of aliphatic imine (C=N–C) groups is 1. The Morgan fingerprint density at radius 2 is 2.31 bits per heavy atom. The maximum atomic E-state index is 13.9. The summed E-state index contributed by atoms with van der Waals surface area (Å²) in [4.78, 5) is 10.7. The van der Waals surface area contributed by atoms with Gasteiger partial charge < -0.3 is 25.0 Å². The number of halogens is 1. The minimum absolute atomic E-state index is 0.215. The van der Waals surface area contributed by atoms with E-state index in [0.717, 1.165) is 31.9 Å². The van der Waals surface area contributed by atoms with Crippen molar-refractivity contribution in [2.45, 2.75) is 25.8 Å². The highest BCUT2D eigenvalue weighted by Gasteiger charge is 2.25. The predicted octanol–water partition coefficient (Wildman–Crippen LogP) is 1.41. The van der Waals surface area contributed by atoms with Crippen molar-refractivity contribution in [1.82, 2.24) is 15.6 Å². The molecule has 2 heterocycles. The van der Waals surface area contributed by atoms with Crippen LogP contribution in [0.1, 0.15) is 19.8 Å². The predicted molar refractivity (Wildman–Crippen MR) is 101 cm³/mol. The molecule has 8 heteroatoms. The number of nitrogens with one attached hydrogen (secondary N) is 2. The van der Waals surface area contributed by atoms with Gasteiger partial charge in [0.05, 0.1) is 13.2 Å². The number of guanidine groups is 1. The average Bonchev–Trinajstić information content (AvgIpc) is 3.09. The lowest BCUT2D eigenvalue weighted by molar-refractivity contribution is 0.0702. The summed E-state index contributed by atoms with van der Waals surface area (Å²) in [5, 5.41) is 6.69. The molecule has 1 atom stereocenters. The zero-order chi connectivity index (χ0) is 18.6. The molecule has 1 aromatic rings. The molecule has 0 saturated carbocycles. The van der Waals surface area contributed by atoms with Crippen molar-refractivity contribution < 1.29 is 13.9 Å². The van der Waals surface area contributed by atoms with Gasteiger partial charge in [0, 0.05) is 52.1 Å². The van der Waals surface area contributed by atoms with Crippen LogP contribution in [0.5, 0.6) is 0 Å². The minimum Gasteiger partial charge on any atom is -0.382 e. The fraction of sp³-hybridized carbons (Fsp3) is 0.667. The van der Waals surface area contributed by atoms with Gasteiger partial charge in [0.15, 0.2) is 17.6 Å². The van der Waals surface area contributed by atoms with Gasteiger partial charge in [0.2, 0.25) is 0 Å². The molecule has 0 bridgehead atoms. The van der Waals surface area contributed by atoms with Crippen LogP contribution in [-0.2, 0) is 9.47 Å². The summed E-state index contributed by atoms with van der Waals surface area (Å²) >= 11 is 0. The molecule has 2 rings (SSSR count). The van der Waals surface area contributed by atoms with E-state index in [9.17, 15) is 4.39 Å². The van der Waals surface area contributed by atoms with Crippen LogP contribution in [0, 0.1) is 5.82 Å². The maximum Gasteiger partial charge on any atom is 0.191 e. The monoisotopic (exact) mass is 367 g/mol. The summed E-state index contributed by atoms with van der Waals surface area (Å²) in [5.74, 6) is 0.937. The van der Waals surface area contributed by atoms with Crippen molar-refractivity contribution in [3.05, 3.63) is 24.1 Å². The SMILES string of the molecule is CCNC(=NCCCOCCOC)NC1CCN(c2ncccc2F)C1. The highest BCUT2D eigenvalue weighted by molar-refractivity contribution is 5.80. The number of anilines is 1. The lowest BCUT2D eigenvalue weighted by atomic mass is 10.3. The third-order valence-corrected chi connectivity index (χ3v) is 4.06. The summed E-state index contributed by atoms with van der Waals surface area (Å²) < 4.78 is 24.3. The van der Waals surface area contributed by atoms with Crippen LogP contribution in [0.3, 0.4) is 0 Å². The molecular formula is C18H30FN5O2. The highest BCUT2D eigenvalue weighted by Crippen LogP contribution is 2.20. The van der Waals surface area contributed by atoms with Gasteiger partial charge in [-0.15, -0.1) is 0 Å². The van der Waals surface area contributed by atoms with Crippen LogP contribution < -0.4 is 15.5 Å². The largest absolute Gasteiger partial charge is 0.382 e. The second kappa shape index (κ2) is 11.6. The Morgan fingerprint density at radius 3 is 3.08 bits per heavy atom. The Bertz CT molecular complexity index is 558. The van der Waals surface area contributed by atoms with Crippen LogP contribution in [0.15, 0.2) is 23.3 Å². The number of rotatable bonds is 10. The first-order valence-corrected chi connectivity index (χ1v) is 9.21. The van der Waals surface area contributed by atoms with Crippen molar-refractivity contribution in [2.24, 2.45) is 4.99 Å². The van der Waals surface area contributed by atoms with Crippen LogP contribution in [0.25, 0.3) is 0 Å². The van der Waals surface area contributed by atoms with Crippen LogP contribution in [0.4, 0.5) is 10.2 Å². The second-order valence-electron chi connectivity index (χ2n) is 6.10. The summed E-state index contributed by atoms with van der Waals surface area (Å²) in [6, 6.07) is 3.27. The number of aromatic nitrogens is 1. The van der Waals surface area contributed by atoms with Crippen molar-refractivity contribution in [3.8, 4) is 0 Å². The van der Waals surface area contributed by atoms with Gasteiger partial charge in [-0.1, -0.05) is 0 Å². The molecule has 0 aliphatic carbocycles. The number of methoxy groups -OCH3 is 1. The molecule has 0 radical (unpaired) electrons. The Morgan fingerprint density at radius 1 is 1.42 bits per heavy atom. The van der Waals surface area contributed by atoms with Gasteiger partial charge in [0.25, 0.3) is 0 Å². The molecule has 1 aliphatic heterocycles. The van der Waals surface area contributed by atoms with E-state index in [-0.39, 0.29) is 11.9 Å². The minimum atomic E-state index is -0.276. The topological polar surface area (TPSA) is 71.0 Å². The molecular weight excluding hydrogens is 337 g/mol. The van der Waals surface area contributed by atoms with Gasteiger partial charge >= 0.3 is 0 Å². The zero-order valence-corrected chi connectivity index (χ0v) is 15.7. The standard InChI is InChI=1S/C18H30FN5O2/c1-3-20-18(22-9-5-11-26-13-12-25-2)23-15-7-10-24(14-15)17-16(19)6-4-8-21-17/h4,6,8,15H,3,5,7,9-14H2,1-2H3,(H2,20,22,23). The van der Waals surface area contributed by atoms with Gasteiger partial charge in [-0.25, -0.2) is 9.37 Å². The van der Waals surface area contributed by atoms with Crippen molar-refractivity contribution in [1.29, 1.82) is 0 Å². The number of hydrogen-bond donors (Lipinski definition) is 2. The molecule has 1 unspecified atom stereocenters. The number of hydrogen-bond acceptors (Lipinski definition) is 5. The van der Waals surface area contributed by atoms with Crippen molar-refractivity contribution in [3.63, 3.8) is 0 Å². The fourth-order valence-corrected chi connectivity index (χ4v) is 2.80. The molecule has 2 N–H and O–H groups in total. The van der Waals surface area contributed by atoms with E-state index in [0.29, 0.717) is 38.7 Å². The van der Waals surface area contributed by atoms with Crippen LogP contribution in [0.2, 0.25) is 0 Å².